The molecule has 26 heavy (non-hydrogen) atoms. The van der Waals surface area contributed by atoms with Crippen LogP contribution in [-0.4, -0.2) is 29.3 Å². The van der Waals surface area contributed by atoms with Crippen LogP contribution in [-0.2, 0) is 14.4 Å². The summed E-state index contributed by atoms with van der Waals surface area (Å²) in [4.78, 5) is 41.2. The average molecular weight is 350 g/mol. The van der Waals surface area contributed by atoms with E-state index in [4.69, 9.17) is 0 Å². The van der Waals surface area contributed by atoms with E-state index < -0.39 is 0 Å². The SMILES string of the molecule is CC(=O)N(CN1C(=O)[C@@H]2[C@H]3C=C[C@@H]([C@@H]4C[C@@H]34)[C@H]2C1=O)c1ccc(C)cc1. The molecule has 0 unspecified atom stereocenters. The molecule has 3 amide bonds. The van der Waals surface area contributed by atoms with Gasteiger partial charge < -0.3 is 0 Å². The predicted octanol–water partition coefficient (Wildman–Crippen LogP) is 2.36. The second-order valence-corrected chi connectivity index (χ2v) is 8.18. The third-order valence-corrected chi connectivity index (χ3v) is 6.76. The fraction of sp³-hybridized carbons (Fsp3) is 0.476. The molecule has 134 valence electrons. The van der Waals surface area contributed by atoms with Gasteiger partial charge in [-0.2, -0.15) is 0 Å². The van der Waals surface area contributed by atoms with Crippen molar-refractivity contribution in [3.05, 3.63) is 42.0 Å². The normalized spacial score (nSPS) is 36.2. The quantitative estimate of drug-likeness (QED) is 0.621. The van der Waals surface area contributed by atoms with Gasteiger partial charge in [-0.1, -0.05) is 29.8 Å². The van der Waals surface area contributed by atoms with Crippen molar-refractivity contribution >= 4 is 23.4 Å². The Balaban J connectivity index is 1.44. The summed E-state index contributed by atoms with van der Waals surface area (Å²) in [5.74, 6) is 0.802. The van der Waals surface area contributed by atoms with Crippen molar-refractivity contribution in [2.45, 2.75) is 20.3 Å². The number of likely N-dealkylation sites (tertiary alicyclic amines) is 1. The van der Waals surface area contributed by atoms with Crippen LogP contribution in [0.15, 0.2) is 36.4 Å². The molecule has 1 aliphatic heterocycles. The molecule has 1 aromatic rings. The Morgan fingerprint density at radius 1 is 1.04 bits per heavy atom. The standard InChI is InChI=1S/C21H22N2O3/c1-11-3-5-13(6-4-11)22(12(2)24)10-23-20(25)18-14-7-8-15(17-9-16(14)17)19(18)21(23)26/h3-8,14-19H,9-10H2,1-2H3/t14-,15-,16-,17-,18+,19+/m0/s1. The zero-order valence-corrected chi connectivity index (χ0v) is 15.0. The maximum absolute atomic E-state index is 13.1. The first-order chi connectivity index (χ1) is 12.5. The van der Waals surface area contributed by atoms with Crippen molar-refractivity contribution in [1.82, 2.24) is 4.90 Å². The minimum absolute atomic E-state index is 0.0117. The molecule has 5 heteroatoms. The van der Waals surface area contributed by atoms with Crippen molar-refractivity contribution < 1.29 is 14.4 Å². The van der Waals surface area contributed by atoms with Gasteiger partial charge in [0.25, 0.3) is 0 Å². The van der Waals surface area contributed by atoms with E-state index >= 15 is 0 Å². The number of anilines is 1. The van der Waals surface area contributed by atoms with Gasteiger partial charge in [0.15, 0.2) is 0 Å². The Morgan fingerprint density at radius 2 is 1.58 bits per heavy atom. The number of aryl methyl sites for hydroxylation is 1. The summed E-state index contributed by atoms with van der Waals surface area (Å²) in [6.07, 6.45) is 5.48. The Labute approximate surface area is 152 Å². The molecule has 0 spiro atoms. The van der Waals surface area contributed by atoms with E-state index in [1.165, 1.54) is 16.7 Å². The van der Waals surface area contributed by atoms with E-state index in [0.717, 1.165) is 12.0 Å². The van der Waals surface area contributed by atoms with E-state index in [0.29, 0.717) is 17.5 Å². The van der Waals surface area contributed by atoms with Crippen LogP contribution in [0.2, 0.25) is 0 Å². The minimum atomic E-state index is -0.215. The molecule has 1 heterocycles. The van der Waals surface area contributed by atoms with Crippen molar-refractivity contribution in [2.24, 2.45) is 35.5 Å². The van der Waals surface area contributed by atoms with Gasteiger partial charge in [0, 0.05) is 12.6 Å². The number of imide groups is 1. The average Bonchev–Trinajstić information content (AvgIpc) is 3.40. The number of nitrogens with zero attached hydrogens (tertiary/aromatic N) is 2. The highest BCUT2D eigenvalue weighted by Gasteiger charge is 2.67. The third-order valence-electron chi connectivity index (χ3n) is 6.76. The molecule has 3 fully saturated rings. The van der Waals surface area contributed by atoms with Crippen LogP contribution in [0.5, 0.6) is 0 Å². The Morgan fingerprint density at radius 3 is 2.08 bits per heavy atom. The summed E-state index contributed by atoms with van der Waals surface area (Å²) in [6.45, 7) is 3.46. The number of rotatable bonds is 3. The molecule has 5 aliphatic rings. The fourth-order valence-electron chi connectivity index (χ4n) is 5.39. The van der Waals surface area contributed by atoms with Crippen molar-refractivity contribution in [1.29, 1.82) is 0 Å². The van der Waals surface area contributed by atoms with E-state index in [1.54, 1.807) is 0 Å². The van der Waals surface area contributed by atoms with Crippen LogP contribution in [0.3, 0.4) is 0 Å². The fourth-order valence-corrected chi connectivity index (χ4v) is 5.39. The zero-order valence-electron chi connectivity index (χ0n) is 15.0. The van der Waals surface area contributed by atoms with Gasteiger partial charge in [-0.25, -0.2) is 0 Å². The number of benzene rings is 1. The van der Waals surface area contributed by atoms with Gasteiger partial charge in [0.2, 0.25) is 17.7 Å². The highest BCUT2D eigenvalue weighted by atomic mass is 16.2. The third kappa shape index (κ3) is 2.06. The lowest BCUT2D eigenvalue weighted by Gasteiger charge is -2.37. The lowest BCUT2D eigenvalue weighted by atomic mass is 9.63. The molecule has 4 aliphatic carbocycles. The molecule has 0 aromatic heterocycles. The molecule has 6 atom stereocenters. The molecule has 1 aromatic carbocycles. The smallest absolute Gasteiger partial charge is 0.235 e. The summed E-state index contributed by atoms with van der Waals surface area (Å²) in [5, 5.41) is 0. The molecular weight excluding hydrogens is 328 g/mol. The van der Waals surface area contributed by atoms with E-state index in [-0.39, 0.29) is 48.1 Å². The van der Waals surface area contributed by atoms with Gasteiger partial charge in [0.05, 0.1) is 11.8 Å². The molecule has 5 nitrogen and oxygen atoms in total. The summed E-state index contributed by atoms with van der Waals surface area (Å²) in [7, 11) is 0. The Hall–Kier alpha value is -2.43. The number of hydrogen-bond acceptors (Lipinski definition) is 3. The minimum Gasteiger partial charge on any atom is -0.294 e. The van der Waals surface area contributed by atoms with Crippen LogP contribution < -0.4 is 4.90 Å². The highest BCUT2D eigenvalue weighted by Crippen LogP contribution is 2.65. The lowest BCUT2D eigenvalue weighted by molar-refractivity contribution is -0.140. The molecule has 2 bridgehead atoms. The van der Waals surface area contributed by atoms with Gasteiger partial charge in [0.1, 0.15) is 6.67 Å². The molecule has 6 rings (SSSR count). The van der Waals surface area contributed by atoms with Crippen LogP contribution in [0, 0.1) is 42.4 Å². The van der Waals surface area contributed by atoms with Crippen LogP contribution >= 0.6 is 0 Å². The Kier molecular flexibility index (Phi) is 3.21. The van der Waals surface area contributed by atoms with E-state index in [2.05, 4.69) is 12.2 Å². The molecule has 0 radical (unpaired) electrons. The Bertz CT molecular complexity index is 807. The molecule has 2 saturated carbocycles. The maximum atomic E-state index is 13.1. The van der Waals surface area contributed by atoms with E-state index in [1.807, 2.05) is 31.2 Å². The monoisotopic (exact) mass is 350 g/mol. The number of amides is 3. The van der Waals surface area contributed by atoms with Crippen LogP contribution in [0.1, 0.15) is 18.9 Å². The summed E-state index contributed by atoms with van der Waals surface area (Å²) >= 11 is 0. The number of hydrogen-bond donors (Lipinski definition) is 0. The van der Waals surface area contributed by atoms with Gasteiger partial charge >= 0.3 is 0 Å². The van der Waals surface area contributed by atoms with Gasteiger partial charge in [-0.15, -0.1) is 0 Å². The van der Waals surface area contributed by atoms with E-state index in [9.17, 15) is 14.4 Å². The highest BCUT2D eigenvalue weighted by molar-refractivity contribution is 6.07. The first-order valence-corrected chi connectivity index (χ1v) is 9.35. The second kappa shape index (κ2) is 5.29. The maximum Gasteiger partial charge on any atom is 0.235 e. The largest absolute Gasteiger partial charge is 0.294 e. The topological polar surface area (TPSA) is 57.7 Å². The van der Waals surface area contributed by atoms with Gasteiger partial charge in [-0.05, 0) is 49.1 Å². The first-order valence-electron chi connectivity index (χ1n) is 9.35. The number of carbonyl (C=O) groups is 3. The van der Waals surface area contributed by atoms with Gasteiger partial charge in [-0.3, -0.25) is 24.2 Å². The molecular formula is C21H22N2O3. The second-order valence-electron chi connectivity index (χ2n) is 8.18. The van der Waals surface area contributed by atoms with Crippen molar-refractivity contribution in [2.75, 3.05) is 11.6 Å². The summed E-state index contributed by atoms with van der Waals surface area (Å²) < 4.78 is 0. The van der Waals surface area contributed by atoms with Crippen molar-refractivity contribution in [3.8, 4) is 0 Å². The van der Waals surface area contributed by atoms with Crippen LogP contribution in [0.4, 0.5) is 5.69 Å². The molecule has 1 saturated heterocycles. The number of allylic oxidation sites excluding steroid dienone is 2. The first kappa shape index (κ1) is 15.8. The van der Waals surface area contributed by atoms with Crippen LogP contribution in [0.25, 0.3) is 0 Å². The zero-order chi connectivity index (χ0) is 18.2. The number of carbonyl (C=O) groups excluding carboxylic acids is 3. The predicted molar refractivity (Wildman–Crippen MR) is 95.8 cm³/mol. The summed E-state index contributed by atoms with van der Waals surface area (Å²) in [6, 6.07) is 7.57. The molecule has 0 N–H and O–H groups in total. The van der Waals surface area contributed by atoms with Crippen molar-refractivity contribution in [3.63, 3.8) is 0 Å². The summed E-state index contributed by atoms with van der Waals surface area (Å²) in [5.41, 5.74) is 1.81. The lowest BCUT2D eigenvalue weighted by Crippen LogP contribution is -2.44.